The van der Waals surface area contributed by atoms with Crippen LogP contribution >= 0.6 is 11.6 Å². The molecule has 0 saturated heterocycles. The number of nitrogens with one attached hydrogen (secondary N) is 2. The first kappa shape index (κ1) is 17.0. The van der Waals surface area contributed by atoms with Gasteiger partial charge in [-0.05, 0) is 42.3 Å². The van der Waals surface area contributed by atoms with Gasteiger partial charge in [-0.3, -0.25) is 4.79 Å². The smallest absolute Gasteiger partial charge is 0.315 e. The molecule has 0 spiro atoms. The molecular weight excluding hydrogens is 340 g/mol. The number of hydrogen-bond donors (Lipinski definition) is 2. The molecule has 1 heterocycles. The standard InChI is InChI=1S/C18H17ClN4O2/c1-12(24)21-16-4-2-3-14(11-16)17-22-23-18(25-17)20-10-9-13-5-7-15(19)8-6-13/h2-8,11H,9-10H2,1H3,(H,20,23)(H,21,24). The van der Waals surface area contributed by atoms with E-state index in [1.807, 2.05) is 36.4 Å². The Hall–Kier alpha value is -2.86. The molecular formula is C18H17ClN4O2. The van der Waals surface area contributed by atoms with E-state index in [4.69, 9.17) is 16.0 Å². The lowest BCUT2D eigenvalue weighted by Crippen LogP contribution is -2.05. The van der Waals surface area contributed by atoms with Crippen LogP contribution in [0.5, 0.6) is 0 Å². The fourth-order valence-corrected chi connectivity index (χ4v) is 2.44. The zero-order valence-corrected chi connectivity index (χ0v) is 14.4. The highest BCUT2D eigenvalue weighted by Crippen LogP contribution is 2.23. The number of hydrogen-bond acceptors (Lipinski definition) is 5. The van der Waals surface area contributed by atoms with Gasteiger partial charge in [-0.1, -0.05) is 34.9 Å². The molecule has 0 aliphatic heterocycles. The highest BCUT2D eigenvalue weighted by molar-refractivity contribution is 6.30. The van der Waals surface area contributed by atoms with Gasteiger partial charge in [0.15, 0.2) is 0 Å². The fourth-order valence-electron chi connectivity index (χ4n) is 2.31. The minimum absolute atomic E-state index is 0.132. The number of benzene rings is 2. The third-order valence-corrected chi connectivity index (χ3v) is 3.71. The van der Waals surface area contributed by atoms with Crippen LogP contribution in [0.3, 0.4) is 0 Å². The SMILES string of the molecule is CC(=O)Nc1cccc(-c2nnc(NCCc3ccc(Cl)cc3)o2)c1. The maximum Gasteiger partial charge on any atom is 0.315 e. The molecule has 25 heavy (non-hydrogen) atoms. The third kappa shape index (κ3) is 4.81. The number of nitrogens with zero attached hydrogens (tertiary/aromatic N) is 2. The first-order chi connectivity index (χ1) is 12.1. The minimum atomic E-state index is -0.132. The molecule has 2 N–H and O–H groups in total. The lowest BCUT2D eigenvalue weighted by atomic mass is 10.1. The predicted molar refractivity (Wildman–Crippen MR) is 97.7 cm³/mol. The van der Waals surface area contributed by atoms with E-state index < -0.39 is 0 Å². The van der Waals surface area contributed by atoms with Crippen molar-refractivity contribution >= 4 is 29.2 Å². The summed E-state index contributed by atoms with van der Waals surface area (Å²) in [5.41, 5.74) is 2.59. The summed E-state index contributed by atoms with van der Waals surface area (Å²) in [5, 5.41) is 14.6. The Morgan fingerprint density at radius 2 is 1.96 bits per heavy atom. The lowest BCUT2D eigenvalue weighted by molar-refractivity contribution is -0.114. The number of amides is 1. The molecule has 0 radical (unpaired) electrons. The summed E-state index contributed by atoms with van der Waals surface area (Å²) in [4.78, 5) is 11.1. The van der Waals surface area contributed by atoms with E-state index in [1.165, 1.54) is 12.5 Å². The summed E-state index contributed by atoms with van der Waals surface area (Å²) in [7, 11) is 0. The summed E-state index contributed by atoms with van der Waals surface area (Å²) < 4.78 is 5.62. The number of anilines is 2. The highest BCUT2D eigenvalue weighted by Gasteiger charge is 2.09. The molecule has 0 aliphatic carbocycles. The van der Waals surface area contributed by atoms with E-state index in [9.17, 15) is 4.79 Å². The van der Waals surface area contributed by atoms with Gasteiger partial charge in [0.1, 0.15) is 0 Å². The van der Waals surface area contributed by atoms with Crippen molar-refractivity contribution in [2.45, 2.75) is 13.3 Å². The zero-order chi connectivity index (χ0) is 17.6. The van der Waals surface area contributed by atoms with Crippen molar-refractivity contribution in [3.8, 4) is 11.5 Å². The van der Waals surface area contributed by atoms with Crippen molar-refractivity contribution in [2.24, 2.45) is 0 Å². The Morgan fingerprint density at radius 3 is 2.72 bits per heavy atom. The van der Waals surface area contributed by atoms with Crippen molar-refractivity contribution in [3.63, 3.8) is 0 Å². The molecule has 0 bridgehead atoms. The van der Waals surface area contributed by atoms with E-state index in [1.54, 1.807) is 12.1 Å². The van der Waals surface area contributed by atoms with Crippen LogP contribution in [0.4, 0.5) is 11.7 Å². The van der Waals surface area contributed by atoms with E-state index in [2.05, 4.69) is 20.8 Å². The van der Waals surface area contributed by atoms with Crippen LogP contribution < -0.4 is 10.6 Å². The first-order valence-electron chi connectivity index (χ1n) is 7.80. The molecule has 3 rings (SSSR count). The normalized spacial score (nSPS) is 10.5. The molecule has 128 valence electrons. The summed E-state index contributed by atoms with van der Waals surface area (Å²) >= 11 is 5.87. The first-order valence-corrected chi connectivity index (χ1v) is 8.18. The van der Waals surface area contributed by atoms with Gasteiger partial charge in [0.2, 0.25) is 11.8 Å². The molecule has 7 heteroatoms. The Kier molecular flexibility index (Phi) is 5.30. The molecule has 0 fully saturated rings. The number of halogens is 1. The van der Waals surface area contributed by atoms with E-state index in [0.29, 0.717) is 24.1 Å². The molecule has 1 amide bonds. The molecule has 1 aromatic heterocycles. The van der Waals surface area contributed by atoms with E-state index in [0.717, 1.165) is 17.0 Å². The summed E-state index contributed by atoms with van der Waals surface area (Å²) in [6.45, 7) is 2.12. The number of carbonyl (C=O) groups is 1. The van der Waals surface area contributed by atoms with Crippen LogP contribution in [0.15, 0.2) is 52.9 Å². The molecule has 3 aromatic rings. The van der Waals surface area contributed by atoms with Crippen LogP contribution in [0, 0.1) is 0 Å². The number of rotatable bonds is 6. The number of carbonyl (C=O) groups excluding carboxylic acids is 1. The maximum absolute atomic E-state index is 11.1. The zero-order valence-electron chi connectivity index (χ0n) is 13.6. The van der Waals surface area contributed by atoms with Crippen molar-refractivity contribution in [3.05, 3.63) is 59.1 Å². The minimum Gasteiger partial charge on any atom is -0.403 e. The topological polar surface area (TPSA) is 80.0 Å². The molecule has 0 atom stereocenters. The van der Waals surface area contributed by atoms with E-state index in [-0.39, 0.29) is 5.91 Å². The predicted octanol–water partition coefficient (Wildman–Crippen LogP) is 4.00. The summed E-state index contributed by atoms with van der Waals surface area (Å²) in [6.07, 6.45) is 0.812. The third-order valence-electron chi connectivity index (χ3n) is 3.46. The van der Waals surface area contributed by atoms with Crippen molar-refractivity contribution in [1.29, 1.82) is 0 Å². The van der Waals surface area contributed by atoms with Gasteiger partial charge in [-0.25, -0.2) is 0 Å². The molecule has 2 aromatic carbocycles. The number of aromatic nitrogens is 2. The van der Waals surface area contributed by atoms with Crippen LogP contribution in [0.25, 0.3) is 11.5 Å². The lowest BCUT2D eigenvalue weighted by Gasteiger charge is -2.03. The van der Waals surface area contributed by atoms with Crippen molar-refractivity contribution in [2.75, 3.05) is 17.2 Å². The second-order valence-electron chi connectivity index (χ2n) is 5.48. The van der Waals surface area contributed by atoms with Crippen molar-refractivity contribution in [1.82, 2.24) is 10.2 Å². The molecule has 6 nitrogen and oxygen atoms in total. The van der Waals surface area contributed by atoms with Crippen LogP contribution in [0.1, 0.15) is 12.5 Å². The quantitative estimate of drug-likeness (QED) is 0.697. The van der Waals surface area contributed by atoms with Crippen LogP contribution in [0.2, 0.25) is 5.02 Å². The summed E-state index contributed by atoms with van der Waals surface area (Å²) in [6, 6.07) is 15.3. The Bertz CT molecular complexity index is 862. The largest absolute Gasteiger partial charge is 0.403 e. The van der Waals surface area contributed by atoms with E-state index >= 15 is 0 Å². The highest BCUT2D eigenvalue weighted by atomic mass is 35.5. The van der Waals surface area contributed by atoms with Crippen LogP contribution in [-0.4, -0.2) is 22.6 Å². The second-order valence-corrected chi connectivity index (χ2v) is 5.91. The summed E-state index contributed by atoms with van der Waals surface area (Å²) in [5.74, 6) is 0.258. The molecule has 0 unspecified atom stereocenters. The molecule has 0 aliphatic rings. The van der Waals surface area contributed by atoms with Gasteiger partial charge in [0, 0.05) is 29.7 Å². The van der Waals surface area contributed by atoms with Gasteiger partial charge >= 0.3 is 6.01 Å². The average Bonchev–Trinajstić information content (AvgIpc) is 3.05. The molecule has 0 saturated carbocycles. The second kappa shape index (κ2) is 7.81. The van der Waals surface area contributed by atoms with Crippen molar-refractivity contribution < 1.29 is 9.21 Å². The monoisotopic (exact) mass is 356 g/mol. The fraction of sp³-hybridized carbons (Fsp3) is 0.167. The van der Waals surface area contributed by atoms with Crippen LogP contribution in [-0.2, 0) is 11.2 Å². The Balaban J connectivity index is 1.60. The average molecular weight is 357 g/mol. The van der Waals surface area contributed by atoms with Gasteiger partial charge < -0.3 is 15.1 Å². The maximum atomic E-state index is 11.1. The Morgan fingerprint density at radius 1 is 1.16 bits per heavy atom. The van der Waals surface area contributed by atoms with Gasteiger partial charge in [-0.15, -0.1) is 5.10 Å². The Labute approximate surface area is 150 Å². The van der Waals surface area contributed by atoms with Gasteiger partial charge in [0.25, 0.3) is 0 Å². The van der Waals surface area contributed by atoms with Gasteiger partial charge in [0.05, 0.1) is 0 Å². The van der Waals surface area contributed by atoms with Gasteiger partial charge in [-0.2, -0.15) is 0 Å².